The fraction of sp³-hybridized carbons (Fsp3) is 0.667. The maximum absolute atomic E-state index is 6.70. The van der Waals surface area contributed by atoms with Crippen molar-refractivity contribution in [3.63, 3.8) is 0 Å². The highest BCUT2D eigenvalue weighted by Gasteiger charge is 2.28. The van der Waals surface area contributed by atoms with Crippen LogP contribution in [0.1, 0.15) is 104 Å². The topological polar surface area (TPSA) is 25.8 Å². The van der Waals surface area contributed by atoms with Crippen molar-refractivity contribution in [1.82, 2.24) is 9.97 Å². The molecule has 1 aromatic heterocycles. The van der Waals surface area contributed by atoms with Crippen LogP contribution in [0.4, 0.5) is 0 Å². The predicted molar refractivity (Wildman–Crippen MR) is 119 cm³/mol. The molecule has 0 radical (unpaired) electrons. The lowest BCUT2D eigenvalue weighted by Gasteiger charge is -2.29. The average Bonchev–Trinajstić information content (AvgIpc) is 2.64. The first-order valence-corrected chi connectivity index (χ1v) is 11.1. The van der Waals surface area contributed by atoms with Crippen molar-refractivity contribution in [2.75, 3.05) is 0 Å². The van der Waals surface area contributed by atoms with E-state index in [4.69, 9.17) is 21.6 Å². The van der Waals surface area contributed by atoms with E-state index in [1.807, 2.05) is 6.20 Å². The van der Waals surface area contributed by atoms with E-state index in [-0.39, 0.29) is 10.8 Å². The molecule has 0 amide bonds. The second kappa shape index (κ2) is 9.37. The van der Waals surface area contributed by atoms with E-state index in [0.717, 1.165) is 47.4 Å². The Kier molecular flexibility index (Phi) is 7.68. The largest absolute Gasteiger partial charge is 0.253 e. The summed E-state index contributed by atoms with van der Waals surface area (Å²) in [5.41, 5.74) is 4.30. The maximum Gasteiger partial charge on any atom is 0.108 e. The molecule has 0 spiro atoms. The van der Waals surface area contributed by atoms with Crippen LogP contribution in [0.15, 0.2) is 18.3 Å². The van der Waals surface area contributed by atoms with Crippen molar-refractivity contribution >= 4 is 22.6 Å². The van der Waals surface area contributed by atoms with E-state index in [2.05, 4.69) is 53.7 Å². The molecule has 0 fully saturated rings. The Labute approximate surface area is 171 Å². The Morgan fingerprint density at radius 2 is 1.56 bits per heavy atom. The second-order valence-electron chi connectivity index (χ2n) is 8.98. The van der Waals surface area contributed by atoms with Crippen LogP contribution in [0, 0.1) is 0 Å². The minimum atomic E-state index is 0.0777. The van der Waals surface area contributed by atoms with Crippen LogP contribution in [0.25, 0.3) is 11.0 Å². The summed E-state index contributed by atoms with van der Waals surface area (Å²) in [6.45, 7) is 13.7. The lowest BCUT2D eigenvalue weighted by Crippen LogP contribution is -2.24. The summed E-state index contributed by atoms with van der Waals surface area (Å²) >= 11 is 6.70. The molecule has 0 saturated heterocycles. The van der Waals surface area contributed by atoms with Gasteiger partial charge in [0.05, 0.1) is 16.2 Å². The summed E-state index contributed by atoms with van der Waals surface area (Å²) in [5, 5.41) is 0.732. The zero-order valence-electron chi connectivity index (χ0n) is 18.2. The summed E-state index contributed by atoms with van der Waals surface area (Å²) in [6.07, 6.45) is 11.4. The van der Waals surface area contributed by atoms with E-state index in [0.29, 0.717) is 0 Å². The zero-order chi connectivity index (χ0) is 20.1. The molecule has 1 atom stereocenters. The highest BCUT2D eigenvalue weighted by molar-refractivity contribution is 6.35. The first-order valence-electron chi connectivity index (χ1n) is 10.7. The van der Waals surface area contributed by atoms with E-state index < -0.39 is 0 Å². The van der Waals surface area contributed by atoms with Crippen LogP contribution in [0.5, 0.6) is 0 Å². The van der Waals surface area contributed by atoms with Gasteiger partial charge in [-0.05, 0) is 42.4 Å². The van der Waals surface area contributed by atoms with Crippen molar-refractivity contribution in [2.45, 2.75) is 104 Å². The standard InChI is InChI=1S/C24H37ClN2/c1-7-10-13-23(4,5)18-15-19(25)22-20(16-18)26-17-21(27-22)24(6,12-9-3)14-11-8-2/h15-17H,7-14H2,1-6H3. The quantitative estimate of drug-likeness (QED) is 0.412. The predicted octanol–water partition coefficient (Wildman–Crippen LogP) is 8.00. The first kappa shape index (κ1) is 22.1. The molecule has 2 nitrogen and oxygen atoms in total. The molecule has 0 aliphatic carbocycles. The summed E-state index contributed by atoms with van der Waals surface area (Å²) < 4.78 is 0. The molecule has 1 aromatic carbocycles. The number of unbranched alkanes of at least 4 members (excludes halogenated alkanes) is 2. The third-order valence-electron chi connectivity index (χ3n) is 6.04. The first-order chi connectivity index (χ1) is 12.8. The molecular weight excluding hydrogens is 352 g/mol. The zero-order valence-corrected chi connectivity index (χ0v) is 18.9. The Balaban J connectivity index is 2.45. The van der Waals surface area contributed by atoms with E-state index in [1.165, 1.54) is 31.2 Å². The summed E-state index contributed by atoms with van der Waals surface area (Å²) in [4.78, 5) is 9.82. The van der Waals surface area contributed by atoms with Crippen LogP contribution in [0.3, 0.4) is 0 Å². The van der Waals surface area contributed by atoms with Crippen molar-refractivity contribution < 1.29 is 0 Å². The third-order valence-corrected chi connectivity index (χ3v) is 6.33. The van der Waals surface area contributed by atoms with Gasteiger partial charge in [0.1, 0.15) is 5.52 Å². The highest BCUT2D eigenvalue weighted by atomic mass is 35.5. The van der Waals surface area contributed by atoms with Crippen LogP contribution >= 0.6 is 11.6 Å². The molecule has 0 aliphatic heterocycles. The molecule has 1 heterocycles. The van der Waals surface area contributed by atoms with Gasteiger partial charge in [-0.3, -0.25) is 4.98 Å². The number of aromatic nitrogens is 2. The van der Waals surface area contributed by atoms with Gasteiger partial charge in [0, 0.05) is 11.6 Å². The molecule has 1 unspecified atom stereocenters. The molecule has 0 aliphatic rings. The van der Waals surface area contributed by atoms with Gasteiger partial charge in [0.2, 0.25) is 0 Å². The van der Waals surface area contributed by atoms with Gasteiger partial charge < -0.3 is 0 Å². The van der Waals surface area contributed by atoms with Crippen LogP contribution in [-0.2, 0) is 10.8 Å². The van der Waals surface area contributed by atoms with Gasteiger partial charge in [-0.25, -0.2) is 4.98 Å². The molecule has 0 bridgehead atoms. The van der Waals surface area contributed by atoms with Crippen molar-refractivity contribution in [3.8, 4) is 0 Å². The van der Waals surface area contributed by atoms with Gasteiger partial charge in [-0.15, -0.1) is 0 Å². The Morgan fingerprint density at radius 3 is 2.19 bits per heavy atom. The van der Waals surface area contributed by atoms with E-state index in [9.17, 15) is 0 Å². The molecule has 2 aromatic rings. The Bertz CT molecular complexity index is 753. The fourth-order valence-electron chi connectivity index (χ4n) is 4.02. The summed E-state index contributed by atoms with van der Waals surface area (Å²) in [6, 6.07) is 4.30. The second-order valence-corrected chi connectivity index (χ2v) is 9.39. The van der Waals surface area contributed by atoms with Gasteiger partial charge in [0.25, 0.3) is 0 Å². The van der Waals surface area contributed by atoms with Crippen LogP contribution in [0.2, 0.25) is 5.02 Å². The number of halogens is 1. The molecule has 0 saturated carbocycles. The molecule has 3 heteroatoms. The third kappa shape index (κ3) is 5.22. The number of hydrogen-bond donors (Lipinski definition) is 0. The molecule has 150 valence electrons. The molecule has 0 N–H and O–H groups in total. The lowest BCUT2D eigenvalue weighted by atomic mass is 9.78. The van der Waals surface area contributed by atoms with E-state index >= 15 is 0 Å². The van der Waals surface area contributed by atoms with Gasteiger partial charge >= 0.3 is 0 Å². The number of rotatable bonds is 10. The van der Waals surface area contributed by atoms with Gasteiger partial charge in [-0.1, -0.05) is 85.2 Å². The molecule has 27 heavy (non-hydrogen) atoms. The highest BCUT2D eigenvalue weighted by Crippen LogP contribution is 2.37. The van der Waals surface area contributed by atoms with Crippen LogP contribution < -0.4 is 0 Å². The lowest BCUT2D eigenvalue weighted by molar-refractivity contribution is 0.373. The number of fused-ring (bicyclic) bond motifs is 1. The fourth-order valence-corrected chi connectivity index (χ4v) is 4.27. The normalized spacial score (nSPS) is 14.5. The van der Waals surface area contributed by atoms with Crippen molar-refractivity contribution in [2.24, 2.45) is 0 Å². The smallest absolute Gasteiger partial charge is 0.108 e. The van der Waals surface area contributed by atoms with Crippen LogP contribution in [-0.4, -0.2) is 9.97 Å². The molecule has 2 rings (SSSR count). The number of hydrogen-bond acceptors (Lipinski definition) is 2. The Morgan fingerprint density at radius 1 is 0.889 bits per heavy atom. The average molecular weight is 389 g/mol. The maximum atomic E-state index is 6.70. The monoisotopic (exact) mass is 388 g/mol. The minimum absolute atomic E-state index is 0.0777. The van der Waals surface area contributed by atoms with Crippen molar-refractivity contribution in [1.29, 1.82) is 0 Å². The van der Waals surface area contributed by atoms with E-state index in [1.54, 1.807) is 0 Å². The van der Waals surface area contributed by atoms with Crippen molar-refractivity contribution in [3.05, 3.63) is 34.6 Å². The summed E-state index contributed by atoms with van der Waals surface area (Å²) in [7, 11) is 0. The SMILES string of the molecule is CCCCC(C)(C)c1cc(Cl)c2nc(C(C)(CCC)CCCC)cnc2c1. The Hall–Kier alpha value is -1.15. The van der Waals surface area contributed by atoms with Gasteiger partial charge in [0.15, 0.2) is 0 Å². The number of benzene rings is 1. The molecular formula is C24H37ClN2. The minimum Gasteiger partial charge on any atom is -0.253 e. The summed E-state index contributed by atoms with van der Waals surface area (Å²) in [5.74, 6) is 0. The van der Waals surface area contributed by atoms with Gasteiger partial charge in [-0.2, -0.15) is 0 Å². The number of nitrogens with zero attached hydrogens (tertiary/aromatic N) is 2.